The number of hydrogen-bond acceptors (Lipinski definition) is 11. The zero-order chi connectivity index (χ0) is 25.6. The van der Waals surface area contributed by atoms with Gasteiger partial charge in [0.1, 0.15) is 10.8 Å². The molecule has 0 radical (unpaired) electrons. The molecule has 1 unspecified atom stereocenters. The second-order valence-corrected chi connectivity index (χ2v) is 10.9. The maximum atomic E-state index is 13.3. The van der Waals surface area contributed by atoms with Crippen LogP contribution >= 0.6 is 11.3 Å². The number of benzene rings is 2. The van der Waals surface area contributed by atoms with E-state index in [0.29, 0.717) is 10.2 Å². The predicted molar refractivity (Wildman–Crippen MR) is 128 cm³/mol. The highest BCUT2D eigenvalue weighted by Gasteiger charge is 2.34. The lowest BCUT2D eigenvalue weighted by Gasteiger charge is -2.07. The van der Waals surface area contributed by atoms with Gasteiger partial charge in [0.2, 0.25) is 11.6 Å². The molecule has 3 heterocycles. The third-order valence-electron chi connectivity index (χ3n) is 5.17. The maximum Gasteiger partial charge on any atom is 0.297 e. The van der Waals surface area contributed by atoms with Crippen LogP contribution in [0.2, 0.25) is 0 Å². The molecule has 0 aliphatic carbocycles. The Morgan fingerprint density at radius 1 is 1.11 bits per heavy atom. The summed E-state index contributed by atoms with van der Waals surface area (Å²) in [5, 5.41) is 16.5. The SMILES string of the molecule is COc1nc(-c2nnc(C(c3nc4ccc(-c5ccc(F)cc5)cc4s3)S(C)(=O)=O)o2)c(O)c(=O)[nH]1. The van der Waals surface area contributed by atoms with E-state index in [2.05, 4.69) is 25.1 Å². The lowest BCUT2D eigenvalue weighted by molar-refractivity contribution is 0.371. The fraction of sp³-hybridized carbons (Fsp3) is 0.136. The minimum atomic E-state index is -3.85. The summed E-state index contributed by atoms with van der Waals surface area (Å²) < 4.78 is 49.9. The zero-order valence-electron chi connectivity index (χ0n) is 18.6. The molecule has 5 rings (SSSR count). The van der Waals surface area contributed by atoms with Crippen LogP contribution in [-0.4, -0.2) is 52.0 Å². The zero-order valence-corrected chi connectivity index (χ0v) is 20.2. The smallest absolute Gasteiger partial charge is 0.297 e. The number of H-pyrrole nitrogens is 1. The summed E-state index contributed by atoms with van der Waals surface area (Å²) in [6, 6.07) is 11.1. The van der Waals surface area contributed by atoms with E-state index in [4.69, 9.17) is 9.15 Å². The number of sulfone groups is 1. The van der Waals surface area contributed by atoms with Gasteiger partial charge in [-0.15, -0.1) is 21.5 Å². The van der Waals surface area contributed by atoms with Gasteiger partial charge in [-0.05, 0) is 35.4 Å². The second kappa shape index (κ2) is 8.80. The van der Waals surface area contributed by atoms with Gasteiger partial charge in [0, 0.05) is 6.26 Å². The third kappa shape index (κ3) is 4.31. The summed E-state index contributed by atoms with van der Waals surface area (Å²) in [5.74, 6) is -1.84. The Morgan fingerprint density at radius 3 is 2.53 bits per heavy atom. The molecular formula is C22H16FN5O6S2. The molecule has 5 aromatic rings. The van der Waals surface area contributed by atoms with Gasteiger partial charge < -0.3 is 14.3 Å². The van der Waals surface area contributed by atoms with E-state index < -0.39 is 26.4 Å². The summed E-state index contributed by atoms with van der Waals surface area (Å²) in [6.45, 7) is 0. The molecule has 36 heavy (non-hydrogen) atoms. The van der Waals surface area contributed by atoms with Gasteiger partial charge in [-0.1, -0.05) is 18.2 Å². The van der Waals surface area contributed by atoms with Crippen molar-refractivity contribution in [1.29, 1.82) is 0 Å². The monoisotopic (exact) mass is 529 g/mol. The molecule has 2 aromatic carbocycles. The molecule has 3 aromatic heterocycles. The quantitative estimate of drug-likeness (QED) is 0.334. The van der Waals surface area contributed by atoms with Crippen LogP contribution in [0.5, 0.6) is 11.8 Å². The van der Waals surface area contributed by atoms with E-state index in [-0.39, 0.29) is 34.3 Å². The summed E-state index contributed by atoms with van der Waals surface area (Å²) in [6.07, 6.45) is 1.00. The van der Waals surface area contributed by atoms with Crippen LogP contribution in [0.3, 0.4) is 0 Å². The second-order valence-electron chi connectivity index (χ2n) is 7.67. The van der Waals surface area contributed by atoms with Crippen LogP contribution in [0.1, 0.15) is 16.1 Å². The minimum absolute atomic E-state index is 0.180. The Morgan fingerprint density at radius 2 is 1.83 bits per heavy atom. The highest BCUT2D eigenvalue weighted by atomic mass is 32.2. The highest BCUT2D eigenvalue weighted by molar-refractivity contribution is 7.91. The average Bonchev–Trinajstić information content (AvgIpc) is 3.47. The number of nitrogens with one attached hydrogen (secondary N) is 1. The average molecular weight is 530 g/mol. The first-order chi connectivity index (χ1) is 17.1. The maximum absolute atomic E-state index is 13.3. The number of hydrogen-bond donors (Lipinski definition) is 2. The number of ether oxygens (including phenoxy) is 1. The van der Waals surface area contributed by atoms with E-state index in [1.54, 1.807) is 24.3 Å². The molecule has 14 heteroatoms. The molecule has 0 aliphatic rings. The molecular weight excluding hydrogens is 513 g/mol. The fourth-order valence-corrected chi connectivity index (χ4v) is 6.01. The van der Waals surface area contributed by atoms with Gasteiger partial charge >= 0.3 is 0 Å². The van der Waals surface area contributed by atoms with Gasteiger partial charge in [-0.2, -0.15) is 4.98 Å². The van der Waals surface area contributed by atoms with Crippen LogP contribution in [0, 0.1) is 5.82 Å². The Balaban J connectivity index is 1.57. The van der Waals surface area contributed by atoms with Crippen LogP contribution in [0.15, 0.2) is 51.7 Å². The summed E-state index contributed by atoms with van der Waals surface area (Å²) in [5.41, 5.74) is 0.871. The summed E-state index contributed by atoms with van der Waals surface area (Å²) in [4.78, 5) is 22.5. The molecule has 0 spiro atoms. The number of thiazole rings is 1. The molecule has 0 aliphatic heterocycles. The number of rotatable bonds is 6. The van der Waals surface area contributed by atoms with Gasteiger partial charge in [-0.25, -0.2) is 17.8 Å². The first-order valence-corrected chi connectivity index (χ1v) is 13.0. The Kier molecular flexibility index (Phi) is 5.76. The number of fused-ring (bicyclic) bond motifs is 1. The van der Waals surface area contributed by atoms with Crippen molar-refractivity contribution in [2.24, 2.45) is 0 Å². The van der Waals surface area contributed by atoms with Gasteiger partial charge in [-0.3, -0.25) is 9.78 Å². The van der Waals surface area contributed by atoms with Gasteiger partial charge in [0.05, 0.1) is 17.3 Å². The Bertz CT molecular complexity index is 1760. The molecule has 0 fully saturated rings. The van der Waals surface area contributed by atoms with Crippen molar-refractivity contribution >= 4 is 31.4 Å². The van der Waals surface area contributed by atoms with E-state index in [9.17, 15) is 22.7 Å². The Labute approximate surface area is 206 Å². The number of aromatic nitrogens is 5. The molecule has 0 bridgehead atoms. The largest absolute Gasteiger partial charge is 0.501 e. The fourth-order valence-electron chi connectivity index (χ4n) is 3.48. The standard InChI is InChI=1S/C22H16FN5O6S2/c1-33-22-25-15(16(29)18(30)26-22)19-27-28-20(34-19)17(36(2,31)32)21-24-13-8-5-11(9-14(13)35-21)10-3-6-12(23)7-4-10/h3-9,17,29H,1-2H3,(H,25,26,30). The molecule has 0 amide bonds. The molecule has 184 valence electrons. The van der Waals surface area contributed by atoms with Gasteiger partial charge in [0.15, 0.2) is 20.8 Å². The Hall–Kier alpha value is -4.17. The topological polar surface area (TPSA) is 161 Å². The number of aromatic hydroxyl groups is 1. The van der Waals surface area contributed by atoms with E-state index >= 15 is 0 Å². The number of nitrogens with zero attached hydrogens (tertiary/aromatic N) is 4. The predicted octanol–water partition coefficient (Wildman–Crippen LogP) is 3.08. The van der Waals surface area contributed by atoms with E-state index in [1.165, 1.54) is 19.2 Å². The molecule has 0 saturated carbocycles. The molecule has 2 N–H and O–H groups in total. The van der Waals surface area contributed by atoms with Crippen molar-refractivity contribution in [3.05, 3.63) is 69.5 Å². The van der Waals surface area contributed by atoms with Crippen LogP contribution in [-0.2, 0) is 9.84 Å². The summed E-state index contributed by atoms with van der Waals surface area (Å²) >= 11 is 1.12. The van der Waals surface area contributed by atoms with Crippen molar-refractivity contribution in [3.8, 4) is 34.5 Å². The number of aromatic amines is 1. The van der Waals surface area contributed by atoms with Crippen molar-refractivity contribution in [2.45, 2.75) is 5.25 Å². The van der Waals surface area contributed by atoms with Crippen molar-refractivity contribution < 1.29 is 27.1 Å². The molecule has 1 atom stereocenters. The lowest BCUT2D eigenvalue weighted by Crippen LogP contribution is -2.13. The van der Waals surface area contributed by atoms with Crippen molar-refractivity contribution in [2.75, 3.05) is 13.4 Å². The first-order valence-electron chi connectivity index (χ1n) is 10.2. The first kappa shape index (κ1) is 23.6. The lowest BCUT2D eigenvalue weighted by atomic mass is 10.1. The van der Waals surface area contributed by atoms with Crippen molar-refractivity contribution in [3.63, 3.8) is 0 Å². The summed E-state index contributed by atoms with van der Waals surface area (Å²) in [7, 11) is -2.59. The van der Waals surface area contributed by atoms with Crippen LogP contribution in [0.4, 0.5) is 4.39 Å². The third-order valence-corrected chi connectivity index (χ3v) is 7.68. The van der Waals surface area contributed by atoms with Crippen molar-refractivity contribution in [1.82, 2.24) is 25.1 Å². The number of halogens is 1. The van der Waals surface area contributed by atoms with Gasteiger partial charge in [0.25, 0.3) is 17.5 Å². The van der Waals surface area contributed by atoms with E-state index in [1.807, 2.05) is 6.07 Å². The number of methoxy groups -OCH3 is 1. The van der Waals surface area contributed by atoms with E-state index in [0.717, 1.165) is 28.7 Å². The minimum Gasteiger partial charge on any atom is -0.501 e. The van der Waals surface area contributed by atoms with Crippen LogP contribution in [0.25, 0.3) is 32.9 Å². The normalized spacial score (nSPS) is 12.6. The molecule has 0 saturated heterocycles. The van der Waals surface area contributed by atoms with Crippen LogP contribution < -0.4 is 10.3 Å². The molecule has 11 nitrogen and oxygen atoms in total. The highest BCUT2D eigenvalue weighted by Crippen LogP contribution is 2.37.